The molecule has 0 fully saturated rings. The maximum absolute atomic E-state index is 14.8. The molecule has 0 radical (unpaired) electrons. The van der Waals surface area contributed by atoms with E-state index in [0.717, 1.165) is 27.1 Å². The van der Waals surface area contributed by atoms with Crippen molar-refractivity contribution in [1.82, 2.24) is 5.32 Å². The molecule has 0 bridgehead atoms. The van der Waals surface area contributed by atoms with Gasteiger partial charge in [0.25, 0.3) is 10.0 Å². The van der Waals surface area contributed by atoms with Crippen molar-refractivity contribution in [3.63, 3.8) is 0 Å². The molecular formula is C29H27FN2O4S. The van der Waals surface area contributed by atoms with E-state index in [2.05, 4.69) is 5.32 Å². The molecule has 1 unspecified atom stereocenters. The van der Waals surface area contributed by atoms with Crippen LogP contribution in [0, 0.1) is 12.7 Å². The second-order valence-corrected chi connectivity index (χ2v) is 10.3. The number of aryl methyl sites for hydroxylation is 1. The predicted octanol–water partition coefficient (Wildman–Crippen LogP) is 5.24. The molecule has 4 aromatic carbocycles. The fourth-order valence-electron chi connectivity index (χ4n) is 3.93. The summed E-state index contributed by atoms with van der Waals surface area (Å²) in [4.78, 5) is 13.3. The smallest absolute Gasteiger partial charge is 0.264 e. The lowest BCUT2D eigenvalue weighted by Crippen LogP contribution is -2.42. The molecule has 0 aliphatic heterocycles. The number of para-hydroxylation sites is 1. The number of amides is 1. The van der Waals surface area contributed by atoms with E-state index in [-0.39, 0.29) is 10.6 Å². The van der Waals surface area contributed by atoms with Crippen molar-refractivity contribution < 1.29 is 22.3 Å². The van der Waals surface area contributed by atoms with Crippen LogP contribution in [-0.4, -0.2) is 28.0 Å². The highest BCUT2D eigenvalue weighted by Crippen LogP contribution is 2.28. The molecule has 0 aromatic heterocycles. The predicted molar refractivity (Wildman–Crippen MR) is 142 cm³/mol. The third-order valence-corrected chi connectivity index (χ3v) is 7.68. The minimum atomic E-state index is -4.29. The Morgan fingerprint density at radius 1 is 0.865 bits per heavy atom. The molecule has 0 heterocycles. The summed E-state index contributed by atoms with van der Waals surface area (Å²) in [5.74, 6) is -0.877. The standard InChI is InChI=1S/C29H27FN2O4S/c1-21-12-14-23(15-13-21)29(22-8-4-3-5-9-22)31-28(33)20-32(27-11-7-6-10-26(27)30)37(34,35)25-18-16-24(36-2)17-19-25/h3-19,29H,20H2,1-2H3,(H,31,33). The summed E-state index contributed by atoms with van der Waals surface area (Å²) >= 11 is 0. The second-order valence-electron chi connectivity index (χ2n) is 8.46. The SMILES string of the molecule is COc1ccc(S(=O)(=O)N(CC(=O)NC(c2ccccc2)c2ccc(C)cc2)c2ccccc2F)cc1. The Morgan fingerprint density at radius 3 is 2.08 bits per heavy atom. The average Bonchev–Trinajstić information content (AvgIpc) is 2.92. The van der Waals surface area contributed by atoms with Crippen LogP contribution >= 0.6 is 0 Å². The Hall–Kier alpha value is -4.17. The Morgan fingerprint density at radius 2 is 1.46 bits per heavy atom. The van der Waals surface area contributed by atoms with Crippen molar-refractivity contribution in [3.8, 4) is 5.75 Å². The number of halogens is 1. The highest BCUT2D eigenvalue weighted by Gasteiger charge is 2.30. The molecule has 1 amide bonds. The maximum Gasteiger partial charge on any atom is 0.264 e. The van der Waals surface area contributed by atoms with Crippen LogP contribution in [0.1, 0.15) is 22.7 Å². The van der Waals surface area contributed by atoms with Crippen molar-refractivity contribution >= 4 is 21.6 Å². The summed E-state index contributed by atoms with van der Waals surface area (Å²) in [6.45, 7) is 1.35. The van der Waals surface area contributed by atoms with Crippen molar-refractivity contribution in [1.29, 1.82) is 0 Å². The molecule has 0 saturated carbocycles. The normalized spacial score (nSPS) is 12.0. The van der Waals surface area contributed by atoms with E-state index in [9.17, 15) is 17.6 Å². The van der Waals surface area contributed by atoms with Crippen LogP contribution in [0.4, 0.5) is 10.1 Å². The van der Waals surface area contributed by atoms with Gasteiger partial charge in [0.05, 0.1) is 23.7 Å². The molecular weight excluding hydrogens is 491 g/mol. The number of methoxy groups -OCH3 is 1. The molecule has 4 aromatic rings. The van der Waals surface area contributed by atoms with Gasteiger partial charge in [-0.2, -0.15) is 0 Å². The highest BCUT2D eigenvalue weighted by atomic mass is 32.2. The number of carbonyl (C=O) groups excluding carboxylic acids is 1. The zero-order valence-corrected chi connectivity index (χ0v) is 21.3. The average molecular weight is 519 g/mol. The van der Waals surface area contributed by atoms with E-state index in [1.807, 2.05) is 61.5 Å². The first-order valence-electron chi connectivity index (χ1n) is 11.6. The van der Waals surface area contributed by atoms with E-state index >= 15 is 0 Å². The number of anilines is 1. The summed E-state index contributed by atoms with van der Waals surface area (Å²) in [6.07, 6.45) is 0. The lowest BCUT2D eigenvalue weighted by atomic mass is 9.98. The summed E-state index contributed by atoms with van der Waals surface area (Å²) < 4.78 is 48.0. The molecule has 37 heavy (non-hydrogen) atoms. The third-order valence-electron chi connectivity index (χ3n) is 5.90. The largest absolute Gasteiger partial charge is 0.497 e. The first kappa shape index (κ1) is 25.9. The number of hydrogen-bond acceptors (Lipinski definition) is 4. The topological polar surface area (TPSA) is 75.7 Å². The van der Waals surface area contributed by atoms with Gasteiger partial charge in [0.2, 0.25) is 5.91 Å². The van der Waals surface area contributed by atoms with Crippen LogP contribution in [0.15, 0.2) is 108 Å². The first-order valence-corrected chi connectivity index (χ1v) is 13.1. The van der Waals surface area contributed by atoms with Gasteiger partial charge in [-0.3, -0.25) is 9.10 Å². The monoisotopic (exact) mass is 518 g/mol. The van der Waals surface area contributed by atoms with Gasteiger partial charge in [0.1, 0.15) is 18.1 Å². The van der Waals surface area contributed by atoms with Gasteiger partial charge < -0.3 is 10.1 Å². The maximum atomic E-state index is 14.8. The van der Waals surface area contributed by atoms with Gasteiger partial charge in [-0.05, 0) is 54.4 Å². The van der Waals surface area contributed by atoms with Gasteiger partial charge in [-0.25, -0.2) is 12.8 Å². The number of hydrogen-bond donors (Lipinski definition) is 1. The quantitative estimate of drug-likeness (QED) is 0.329. The molecule has 0 aliphatic rings. The summed E-state index contributed by atoms with van der Waals surface area (Å²) in [7, 11) is -2.82. The second kappa shape index (κ2) is 11.3. The van der Waals surface area contributed by atoms with Gasteiger partial charge in [-0.15, -0.1) is 0 Å². The number of nitrogens with zero attached hydrogens (tertiary/aromatic N) is 1. The number of ether oxygens (including phenoxy) is 1. The van der Waals surface area contributed by atoms with E-state index in [1.165, 1.54) is 49.6 Å². The van der Waals surface area contributed by atoms with Crippen LogP contribution in [0.5, 0.6) is 5.75 Å². The van der Waals surface area contributed by atoms with Gasteiger partial charge in [0, 0.05) is 0 Å². The Bertz CT molecular complexity index is 1460. The van der Waals surface area contributed by atoms with E-state index in [4.69, 9.17) is 4.74 Å². The zero-order chi connectivity index (χ0) is 26.4. The summed E-state index contributed by atoms with van der Waals surface area (Å²) in [5, 5.41) is 2.94. The lowest BCUT2D eigenvalue weighted by molar-refractivity contribution is -0.120. The number of carbonyl (C=O) groups is 1. The Kier molecular flexibility index (Phi) is 7.89. The zero-order valence-electron chi connectivity index (χ0n) is 20.5. The molecule has 4 rings (SSSR count). The van der Waals surface area contributed by atoms with Gasteiger partial charge in [-0.1, -0.05) is 72.3 Å². The van der Waals surface area contributed by atoms with E-state index < -0.39 is 34.3 Å². The molecule has 8 heteroatoms. The minimum absolute atomic E-state index is 0.0949. The molecule has 1 atom stereocenters. The van der Waals surface area contributed by atoms with Crippen molar-refractivity contribution in [2.24, 2.45) is 0 Å². The molecule has 6 nitrogen and oxygen atoms in total. The van der Waals surface area contributed by atoms with E-state index in [1.54, 1.807) is 0 Å². The molecule has 0 aliphatic carbocycles. The van der Waals surface area contributed by atoms with Crippen LogP contribution in [0.3, 0.4) is 0 Å². The van der Waals surface area contributed by atoms with Crippen molar-refractivity contribution in [3.05, 3.63) is 126 Å². The minimum Gasteiger partial charge on any atom is -0.497 e. The molecule has 0 spiro atoms. The van der Waals surface area contributed by atoms with Crippen LogP contribution in [0.25, 0.3) is 0 Å². The summed E-state index contributed by atoms with van der Waals surface area (Å²) in [6, 6.07) is 27.7. The lowest BCUT2D eigenvalue weighted by Gasteiger charge is -2.26. The highest BCUT2D eigenvalue weighted by molar-refractivity contribution is 7.92. The number of benzene rings is 4. The molecule has 190 valence electrons. The number of sulfonamides is 1. The Balaban J connectivity index is 1.69. The fraction of sp³-hybridized carbons (Fsp3) is 0.138. The molecule has 0 saturated heterocycles. The van der Waals surface area contributed by atoms with Crippen LogP contribution in [0.2, 0.25) is 0 Å². The van der Waals surface area contributed by atoms with Gasteiger partial charge in [0.15, 0.2) is 0 Å². The first-order chi connectivity index (χ1) is 17.8. The van der Waals surface area contributed by atoms with Crippen molar-refractivity contribution in [2.75, 3.05) is 18.0 Å². The fourth-order valence-corrected chi connectivity index (χ4v) is 5.36. The Labute approximate surface area is 216 Å². The van der Waals surface area contributed by atoms with Crippen LogP contribution in [-0.2, 0) is 14.8 Å². The number of nitrogens with one attached hydrogen (secondary N) is 1. The van der Waals surface area contributed by atoms with E-state index in [0.29, 0.717) is 5.75 Å². The van der Waals surface area contributed by atoms with Gasteiger partial charge >= 0.3 is 0 Å². The third kappa shape index (κ3) is 5.98. The number of rotatable bonds is 9. The molecule has 1 N–H and O–H groups in total. The summed E-state index contributed by atoms with van der Waals surface area (Å²) in [5.41, 5.74) is 2.51. The van der Waals surface area contributed by atoms with Crippen molar-refractivity contribution in [2.45, 2.75) is 17.9 Å². The van der Waals surface area contributed by atoms with Crippen LogP contribution < -0.4 is 14.4 Å².